The summed E-state index contributed by atoms with van der Waals surface area (Å²) in [5, 5.41) is 2.92. The molecule has 1 heterocycles. The van der Waals surface area contributed by atoms with Gasteiger partial charge in [-0.15, -0.1) is 0 Å². The van der Waals surface area contributed by atoms with E-state index in [2.05, 4.69) is 5.32 Å². The fourth-order valence-corrected chi connectivity index (χ4v) is 4.31. The molecule has 4 rings (SSSR count). The first-order valence-electron chi connectivity index (χ1n) is 11.4. The number of halogens is 3. The monoisotopic (exact) mass is 500 g/mol. The molecule has 0 saturated carbocycles. The van der Waals surface area contributed by atoms with Crippen LogP contribution in [0, 0.1) is 6.92 Å². The lowest BCUT2D eigenvalue weighted by Crippen LogP contribution is -2.44. The van der Waals surface area contributed by atoms with E-state index in [1.165, 1.54) is 19.2 Å². The van der Waals surface area contributed by atoms with E-state index in [1.807, 2.05) is 31.2 Å². The first kappa shape index (κ1) is 25.2. The molecule has 190 valence electrons. The SMILES string of the molecule is COc1cc2c(cc1OC)C(COc1cccc(C(F)(F)F)c1)N(C(=O)Nc1cccc(C)c1)CC2. The van der Waals surface area contributed by atoms with Crippen molar-refractivity contribution in [3.63, 3.8) is 0 Å². The van der Waals surface area contributed by atoms with Gasteiger partial charge in [-0.1, -0.05) is 18.2 Å². The van der Waals surface area contributed by atoms with Crippen LogP contribution in [0.4, 0.5) is 23.7 Å². The molecule has 0 spiro atoms. The molecule has 1 unspecified atom stereocenters. The molecule has 6 nitrogen and oxygen atoms in total. The van der Waals surface area contributed by atoms with Crippen molar-refractivity contribution >= 4 is 11.7 Å². The lowest BCUT2D eigenvalue weighted by Gasteiger charge is -2.37. The third-order valence-electron chi connectivity index (χ3n) is 6.10. The van der Waals surface area contributed by atoms with E-state index < -0.39 is 17.8 Å². The summed E-state index contributed by atoms with van der Waals surface area (Å²) >= 11 is 0. The Morgan fingerprint density at radius 2 is 1.75 bits per heavy atom. The van der Waals surface area contributed by atoms with Gasteiger partial charge in [0.1, 0.15) is 12.4 Å². The summed E-state index contributed by atoms with van der Waals surface area (Å²) in [6, 6.07) is 14.9. The van der Waals surface area contributed by atoms with E-state index >= 15 is 0 Å². The molecule has 0 bridgehead atoms. The number of urea groups is 1. The molecule has 3 aromatic rings. The highest BCUT2D eigenvalue weighted by atomic mass is 19.4. The van der Waals surface area contributed by atoms with Crippen LogP contribution >= 0.6 is 0 Å². The van der Waals surface area contributed by atoms with Gasteiger partial charge >= 0.3 is 12.2 Å². The molecule has 0 aromatic heterocycles. The Bertz CT molecular complexity index is 1250. The van der Waals surface area contributed by atoms with Gasteiger partial charge in [-0.2, -0.15) is 13.2 Å². The molecule has 1 N–H and O–H groups in total. The molecule has 1 atom stereocenters. The molecule has 36 heavy (non-hydrogen) atoms. The van der Waals surface area contributed by atoms with E-state index in [0.717, 1.165) is 28.8 Å². The van der Waals surface area contributed by atoms with Crippen LogP contribution in [0.25, 0.3) is 0 Å². The Hall–Kier alpha value is -3.88. The number of nitrogens with one attached hydrogen (secondary N) is 1. The Morgan fingerprint density at radius 1 is 1.03 bits per heavy atom. The van der Waals surface area contributed by atoms with E-state index in [-0.39, 0.29) is 18.4 Å². The van der Waals surface area contributed by atoms with Gasteiger partial charge < -0.3 is 24.4 Å². The maximum atomic E-state index is 13.3. The van der Waals surface area contributed by atoms with Crippen LogP contribution < -0.4 is 19.5 Å². The average Bonchev–Trinajstić information content (AvgIpc) is 2.85. The lowest BCUT2D eigenvalue weighted by molar-refractivity contribution is -0.137. The van der Waals surface area contributed by atoms with Crippen molar-refractivity contribution in [1.29, 1.82) is 0 Å². The zero-order chi connectivity index (χ0) is 25.9. The second-order valence-electron chi connectivity index (χ2n) is 8.50. The summed E-state index contributed by atoms with van der Waals surface area (Å²) in [7, 11) is 3.06. The molecule has 1 aliphatic heterocycles. The van der Waals surface area contributed by atoms with Crippen molar-refractivity contribution in [2.45, 2.75) is 25.6 Å². The maximum Gasteiger partial charge on any atom is 0.416 e. The largest absolute Gasteiger partial charge is 0.493 e. The smallest absolute Gasteiger partial charge is 0.416 e. The summed E-state index contributed by atoms with van der Waals surface area (Å²) in [6.45, 7) is 2.26. The van der Waals surface area contributed by atoms with Crippen LogP contribution in [-0.2, 0) is 12.6 Å². The van der Waals surface area contributed by atoms with Gasteiger partial charge in [0.05, 0.1) is 25.8 Å². The molecule has 0 radical (unpaired) electrons. The van der Waals surface area contributed by atoms with Gasteiger partial charge in [0.2, 0.25) is 0 Å². The Kier molecular flexibility index (Phi) is 7.28. The van der Waals surface area contributed by atoms with E-state index in [1.54, 1.807) is 24.1 Å². The topological polar surface area (TPSA) is 60.0 Å². The summed E-state index contributed by atoms with van der Waals surface area (Å²) < 4.78 is 56.2. The molecule has 0 aliphatic carbocycles. The van der Waals surface area contributed by atoms with Crippen LogP contribution in [0.5, 0.6) is 17.2 Å². The quantitative estimate of drug-likeness (QED) is 0.435. The first-order chi connectivity index (χ1) is 17.2. The predicted octanol–water partition coefficient (Wildman–Crippen LogP) is 6.24. The Morgan fingerprint density at radius 3 is 2.44 bits per heavy atom. The number of carbonyl (C=O) groups excluding carboxylic acids is 1. The van der Waals surface area contributed by atoms with Crippen LogP contribution in [0.15, 0.2) is 60.7 Å². The molecular weight excluding hydrogens is 473 g/mol. The van der Waals surface area contributed by atoms with E-state index in [4.69, 9.17) is 14.2 Å². The molecule has 3 aromatic carbocycles. The number of ether oxygens (including phenoxy) is 3. The van der Waals surface area contributed by atoms with Gasteiger partial charge in [-0.25, -0.2) is 4.79 Å². The number of hydrogen-bond acceptors (Lipinski definition) is 4. The number of benzene rings is 3. The van der Waals surface area contributed by atoms with Crippen molar-refractivity contribution in [1.82, 2.24) is 4.90 Å². The summed E-state index contributed by atoms with van der Waals surface area (Å²) in [5.74, 6) is 1.11. The zero-order valence-electron chi connectivity index (χ0n) is 20.2. The van der Waals surface area contributed by atoms with Crippen LogP contribution in [-0.4, -0.2) is 38.3 Å². The maximum absolute atomic E-state index is 13.3. The number of carbonyl (C=O) groups is 1. The second kappa shape index (κ2) is 10.4. The number of hydrogen-bond donors (Lipinski definition) is 1. The number of aryl methyl sites for hydroxylation is 1. The van der Waals surface area contributed by atoms with Gasteiger partial charge in [-0.3, -0.25) is 0 Å². The normalized spacial score (nSPS) is 15.2. The highest BCUT2D eigenvalue weighted by Crippen LogP contribution is 2.39. The highest BCUT2D eigenvalue weighted by molar-refractivity contribution is 5.90. The van der Waals surface area contributed by atoms with Crippen molar-refractivity contribution in [3.8, 4) is 17.2 Å². The average molecular weight is 501 g/mol. The number of amides is 2. The first-order valence-corrected chi connectivity index (χ1v) is 11.4. The molecule has 1 aliphatic rings. The molecule has 2 amide bonds. The molecule has 9 heteroatoms. The fourth-order valence-electron chi connectivity index (χ4n) is 4.31. The molecule has 0 saturated heterocycles. The van der Waals surface area contributed by atoms with Crippen LogP contribution in [0.3, 0.4) is 0 Å². The van der Waals surface area contributed by atoms with Gasteiger partial charge in [-0.05, 0) is 72.5 Å². The van der Waals surface area contributed by atoms with Crippen molar-refractivity contribution in [3.05, 3.63) is 82.9 Å². The van der Waals surface area contributed by atoms with E-state index in [0.29, 0.717) is 30.2 Å². The number of nitrogens with zero attached hydrogens (tertiary/aromatic N) is 1. The summed E-state index contributed by atoms with van der Waals surface area (Å²) in [4.78, 5) is 15.0. The van der Waals surface area contributed by atoms with E-state index in [9.17, 15) is 18.0 Å². The van der Waals surface area contributed by atoms with Crippen LogP contribution in [0.1, 0.15) is 28.3 Å². The zero-order valence-corrected chi connectivity index (χ0v) is 20.2. The lowest BCUT2D eigenvalue weighted by atomic mass is 9.92. The second-order valence-corrected chi connectivity index (χ2v) is 8.50. The molecular formula is C27H27F3N2O4. The number of fused-ring (bicyclic) bond motifs is 1. The summed E-state index contributed by atoms with van der Waals surface area (Å²) in [6.07, 6.45) is -3.92. The minimum atomic E-state index is -4.49. The third-order valence-corrected chi connectivity index (χ3v) is 6.10. The van der Waals surface area contributed by atoms with Crippen molar-refractivity contribution in [2.75, 3.05) is 32.7 Å². The van der Waals surface area contributed by atoms with Gasteiger partial charge in [0.15, 0.2) is 11.5 Å². The third kappa shape index (κ3) is 5.50. The minimum Gasteiger partial charge on any atom is -0.493 e. The number of alkyl halides is 3. The highest BCUT2D eigenvalue weighted by Gasteiger charge is 2.34. The Labute approximate surface area is 207 Å². The molecule has 0 fully saturated rings. The number of methoxy groups -OCH3 is 2. The number of anilines is 1. The van der Waals surface area contributed by atoms with Crippen LogP contribution in [0.2, 0.25) is 0 Å². The fraction of sp³-hybridized carbons (Fsp3) is 0.296. The van der Waals surface area contributed by atoms with Crippen molar-refractivity contribution < 1.29 is 32.2 Å². The number of rotatable bonds is 6. The predicted molar refractivity (Wildman–Crippen MR) is 130 cm³/mol. The Balaban J connectivity index is 1.65. The minimum absolute atomic E-state index is 0.0506. The van der Waals surface area contributed by atoms with Gasteiger partial charge in [0, 0.05) is 12.2 Å². The summed E-state index contributed by atoms with van der Waals surface area (Å²) in [5.41, 5.74) is 2.58. The van der Waals surface area contributed by atoms with Crippen molar-refractivity contribution in [2.24, 2.45) is 0 Å². The standard InChI is InChI=1S/C27H27F3N2O4/c1-17-6-4-8-20(12-17)31-26(33)32-11-10-18-13-24(34-2)25(35-3)15-22(18)23(32)16-36-21-9-5-7-19(14-21)27(28,29)30/h4-9,12-15,23H,10-11,16H2,1-3H3,(H,31,33). The van der Waals surface area contributed by atoms with Gasteiger partial charge in [0.25, 0.3) is 0 Å².